The van der Waals surface area contributed by atoms with E-state index in [1.165, 1.54) is 16.9 Å². The van der Waals surface area contributed by atoms with E-state index in [-0.39, 0.29) is 0 Å². The molecule has 1 heterocycles. The van der Waals surface area contributed by atoms with E-state index < -0.39 is 0 Å². The summed E-state index contributed by atoms with van der Waals surface area (Å²) in [5, 5.41) is 10.4. The summed E-state index contributed by atoms with van der Waals surface area (Å²) in [6, 6.07) is 18.1. The minimum absolute atomic E-state index is 0.443. The molecule has 0 saturated heterocycles. The Bertz CT molecular complexity index is 1060. The molecular weight excluding hydrogens is 380 g/mol. The zero-order valence-electron chi connectivity index (χ0n) is 16.4. The number of benzene rings is 2. The van der Waals surface area contributed by atoms with Crippen LogP contribution in [0.3, 0.4) is 0 Å². The summed E-state index contributed by atoms with van der Waals surface area (Å²) in [6.07, 6.45) is 6.15. The van der Waals surface area contributed by atoms with Gasteiger partial charge in [-0.15, -0.1) is 11.3 Å². The molecule has 0 fully saturated rings. The van der Waals surface area contributed by atoms with E-state index in [9.17, 15) is 5.26 Å². The average Bonchev–Trinajstić information content (AvgIpc) is 3.14. The molecule has 0 bridgehead atoms. The van der Waals surface area contributed by atoms with Gasteiger partial charge in [0.05, 0.1) is 12.7 Å². The van der Waals surface area contributed by atoms with Crippen LogP contribution in [-0.2, 0) is 19.4 Å². The van der Waals surface area contributed by atoms with E-state index in [2.05, 4.69) is 11.1 Å². The van der Waals surface area contributed by atoms with Crippen LogP contribution in [0.5, 0.6) is 11.5 Å². The summed E-state index contributed by atoms with van der Waals surface area (Å²) in [5.74, 6) is 1.32. The predicted octanol–water partition coefficient (Wildman–Crippen LogP) is 5.84. The molecule has 0 atom stereocenters. The lowest BCUT2D eigenvalue weighted by atomic mass is 9.96. The molecule has 2 aromatic carbocycles. The molecule has 1 aromatic heterocycles. The highest BCUT2D eigenvalue weighted by atomic mass is 32.1. The molecule has 0 N–H and O–H groups in total. The fourth-order valence-electron chi connectivity index (χ4n) is 3.57. The van der Waals surface area contributed by atoms with Gasteiger partial charge >= 0.3 is 0 Å². The molecule has 4 nitrogen and oxygen atoms in total. The van der Waals surface area contributed by atoms with Gasteiger partial charge in [-0.3, -0.25) is 0 Å². The number of methoxy groups -OCH3 is 1. The van der Waals surface area contributed by atoms with Crippen LogP contribution in [0.4, 0.5) is 5.00 Å². The fourth-order valence-corrected chi connectivity index (χ4v) is 4.75. The quantitative estimate of drug-likeness (QED) is 0.487. The van der Waals surface area contributed by atoms with Crippen LogP contribution in [0.1, 0.15) is 40.0 Å². The van der Waals surface area contributed by atoms with E-state index in [1.807, 2.05) is 48.5 Å². The smallest absolute Gasteiger partial charge is 0.170 e. The van der Waals surface area contributed by atoms with Crippen molar-refractivity contribution in [3.63, 3.8) is 0 Å². The van der Waals surface area contributed by atoms with E-state index in [0.29, 0.717) is 18.1 Å². The highest BCUT2D eigenvalue weighted by Crippen LogP contribution is 2.39. The van der Waals surface area contributed by atoms with Crippen molar-refractivity contribution >= 4 is 22.6 Å². The normalized spacial score (nSPS) is 13.1. The Kier molecular flexibility index (Phi) is 5.92. The Morgan fingerprint density at radius 3 is 2.72 bits per heavy atom. The van der Waals surface area contributed by atoms with Crippen LogP contribution in [0, 0.1) is 11.3 Å². The molecule has 0 amide bonds. The first-order chi connectivity index (χ1) is 14.3. The highest BCUT2D eigenvalue weighted by Gasteiger charge is 2.20. The van der Waals surface area contributed by atoms with Gasteiger partial charge in [0.1, 0.15) is 17.7 Å². The van der Waals surface area contributed by atoms with Crippen molar-refractivity contribution in [2.45, 2.75) is 32.3 Å². The number of para-hydroxylation sites is 1. The number of ether oxygens (including phenoxy) is 2. The maximum atomic E-state index is 9.65. The third-order valence-electron chi connectivity index (χ3n) is 5.04. The third-order valence-corrected chi connectivity index (χ3v) is 6.24. The van der Waals surface area contributed by atoms with Crippen molar-refractivity contribution in [3.05, 3.63) is 75.7 Å². The number of aryl methyl sites for hydroxylation is 1. The van der Waals surface area contributed by atoms with E-state index in [4.69, 9.17) is 9.47 Å². The molecule has 1 aliphatic carbocycles. The zero-order chi connectivity index (χ0) is 20.1. The van der Waals surface area contributed by atoms with Gasteiger partial charge in [0.25, 0.3) is 0 Å². The molecular formula is C24H22N2O2S. The van der Waals surface area contributed by atoms with Gasteiger partial charge in [-0.25, -0.2) is 4.99 Å². The Morgan fingerprint density at radius 2 is 1.93 bits per heavy atom. The zero-order valence-corrected chi connectivity index (χ0v) is 17.2. The van der Waals surface area contributed by atoms with Crippen molar-refractivity contribution in [2.75, 3.05) is 7.11 Å². The molecule has 0 spiro atoms. The first kappa shape index (κ1) is 19.2. The largest absolute Gasteiger partial charge is 0.493 e. The highest BCUT2D eigenvalue weighted by molar-refractivity contribution is 7.16. The van der Waals surface area contributed by atoms with Crippen LogP contribution in [-0.4, -0.2) is 13.3 Å². The second-order valence-corrected chi connectivity index (χ2v) is 8.00. The van der Waals surface area contributed by atoms with Crippen LogP contribution in [0.2, 0.25) is 0 Å². The summed E-state index contributed by atoms with van der Waals surface area (Å²) >= 11 is 1.64. The molecule has 0 radical (unpaired) electrons. The Hall–Kier alpha value is -3.10. The molecule has 1 aliphatic rings. The number of thiophene rings is 1. The number of nitriles is 1. The minimum atomic E-state index is 0.443. The SMILES string of the molecule is COc1cccc(C=Nc2sc3c(c2C#N)CCCC3)c1OCc1ccccc1. The summed E-state index contributed by atoms with van der Waals surface area (Å²) in [6.45, 7) is 0.443. The van der Waals surface area contributed by atoms with Gasteiger partial charge in [-0.2, -0.15) is 5.26 Å². The first-order valence-electron chi connectivity index (χ1n) is 9.72. The minimum Gasteiger partial charge on any atom is -0.493 e. The van der Waals surface area contributed by atoms with Gasteiger partial charge in [0, 0.05) is 16.7 Å². The lowest BCUT2D eigenvalue weighted by Gasteiger charge is -2.13. The van der Waals surface area contributed by atoms with E-state index >= 15 is 0 Å². The molecule has 5 heteroatoms. The van der Waals surface area contributed by atoms with Crippen molar-refractivity contribution in [1.29, 1.82) is 5.26 Å². The number of hydrogen-bond donors (Lipinski definition) is 0. The standard InChI is InChI=1S/C24H22N2O2S/c1-27-21-12-7-10-18(23(21)28-16-17-8-3-2-4-9-17)15-26-24-20(14-25)19-11-5-6-13-22(19)29-24/h2-4,7-10,12,15H,5-6,11,13,16H2,1H3. The molecule has 3 aromatic rings. The Labute approximate surface area is 175 Å². The molecule has 146 valence electrons. The number of aliphatic imine (C=N–C) groups is 1. The number of nitrogens with zero attached hydrogens (tertiary/aromatic N) is 2. The van der Waals surface area contributed by atoms with E-state index in [0.717, 1.165) is 41.0 Å². The number of rotatable bonds is 6. The van der Waals surface area contributed by atoms with Gasteiger partial charge in [0.2, 0.25) is 0 Å². The number of hydrogen-bond acceptors (Lipinski definition) is 5. The monoisotopic (exact) mass is 402 g/mol. The van der Waals surface area contributed by atoms with E-state index in [1.54, 1.807) is 24.7 Å². The molecule has 29 heavy (non-hydrogen) atoms. The maximum absolute atomic E-state index is 9.65. The fraction of sp³-hybridized carbons (Fsp3) is 0.250. The molecule has 0 aliphatic heterocycles. The second-order valence-electron chi connectivity index (χ2n) is 6.91. The van der Waals surface area contributed by atoms with Crippen LogP contribution < -0.4 is 9.47 Å². The lowest BCUT2D eigenvalue weighted by Crippen LogP contribution is -2.00. The van der Waals surface area contributed by atoms with Crippen molar-refractivity contribution in [1.82, 2.24) is 0 Å². The van der Waals surface area contributed by atoms with Gasteiger partial charge < -0.3 is 9.47 Å². The average molecular weight is 403 g/mol. The van der Waals surface area contributed by atoms with Crippen molar-refractivity contribution < 1.29 is 9.47 Å². The molecule has 0 saturated carbocycles. The second kappa shape index (κ2) is 8.93. The van der Waals surface area contributed by atoms with Gasteiger partial charge in [-0.1, -0.05) is 36.4 Å². The maximum Gasteiger partial charge on any atom is 0.170 e. The van der Waals surface area contributed by atoms with Crippen molar-refractivity contribution in [3.8, 4) is 17.6 Å². The first-order valence-corrected chi connectivity index (χ1v) is 10.5. The Balaban J connectivity index is 1.63. The summed E-state index contributed by atoms with van der Waals surface area (Å²) in [4.78, 5) is 5.99. The van der Waals surface area contributed by atoms with Crippen molar-refractivity contribution in [2.24, 2.45) is 4.99 Å². The van der Waals surface area contributed by atoms with Crippen LogP contribution in [0.15, 0.2) is 53.5 Å². The molecule has 0 unspecified atom stereocenters. The lowest BCUT2D eigenvalue weighted by molar-refractivity contribution is 0.284. The predicted molar refractivity (Wildman–Crippen MR) is 117 cm³/mol. The van der Waals surface area contributed by atoms with Gasteiger partial charge in [-0.05, 0) is 48.9 Å². The summed E-state index contributed by atoms with van der Waals surface area (Å²) in [5.41, 5.74) is 3.84. The Morgan fingerprint density at radius 1 is 1.10 bits per heavy atom. The summed E-state index contributed by atoms with van der Waals surface area (Å²) < 4.78 is 11.6. The van der Waals surface area contributed by atoms with Crippen LogP contribution >= 0.6 is 11.3 Å². The topological polar surface area (TPSA) is 54.6 Å². The van der Waals surface area contributed by atoms with Crippen LogP contribution in [0.25, 0.3) is 0 Å². The third kappa shape index (κ3) is 4.18. The summed E-state index contributed by atoms with van der Waals surface area (Å²) in [7, 11) is 1.63. The number of fused-ring (bicyclic) bond motifs is 1. The van der Waals surface area contributed by atoms with Gasteiger partial charge in [0.15, 0.2) is 11.5 Å². The molecule has 4 rings (SSSR count).